The van der Waals surface area contributed by atoms with Crippen LogP contribution < -0.4 is 0 Å². The molecule has 4 rings (SSSR count). The Kier molecular flexibility index (Phi) is 7.16. The van der Waals surface area contributed by atoms with Crippen LogP contribution in [0.5, 0.6) is 0 Å². The van der Waals surface area contributed by atoms with Gasteiger partial charge in [-0.05, 0) is 37.2 Å². The first-order valence-electron chi connectivity index (χ1n) is 10.8. The Balaban J connectivity index is 1.63. The molecule has 1 N–H and O–H groups in total. The van der Waals surface area contributed by atoms with Crippen molar-refractivity contribution in [3.05, 3.63) is 54.1 Å². The molecule has 1 aromatic carbocycles. The highest BCUT2D eigenvalue weighted by Gasteiger charge is 2.49. The Bertz CT molecular complexity index is 936. The van der Waals surface area contributed by atoms with Crippen LogP contribution in [-0.2, 0) is 30.3 Å². The smallest absolute Gasteiger partial charge is 0.314 e. The lowest BCUT2D eigenvalue weighted by atomic mass is 9.88. The standard InChI is InChI=1S/C23H27N3O5S/c1-15(27)30-18-9-13-29-22(28)19(20(18)31-23(32)21-24-10-11-25-21)17-8-5-12-26(17)14-16-6-3-2-4-7-16/h2-4,6-7,10-11,17-20H,5,8-9,12-14H2,1H3,(H,24,25)/t17-,18+,19-,20-/m1/s1. The van der Waals surface area contributed by atoms with Crippen molar-refractivity contribution in [3.8, 4) is 0 Å². The van der Waals surface area contributed by atoms with Crippen molar-refractivity contribution >= 4 is 29.2 Å². The first-order valence-corrected chi connectivity index (χ1v) is 11.3. The summed E-state index contributed by atoms with van der Waals surface area (Å²) in [7, 11) is 0. The Hall–Kier alpha value is -2.78. The molecule has 9 heteroatoms. The van der Waals surface area contributed by atoms with Crippen LogP contribution in [0, 0.1) is 5.92 Å². The number of thiocarbonyl (C=S) groups is 1. The second-order valence-corrected chi connectivity index (χ2v) is 8.47. The number of esters is 2. The van der Waals surface area contributed by atoms with Crippen molar-refractivity contribution in [2.45, 2.75) is 51.0 Å². The Morgan fingerprint density at radius 1 is 1.28 bits per heavy atom. The van der Waals surface area contributed by atoms with E-state index in [2.05, 4.69) is 27.0 Å². The number of imidazole rings is 1. The second-order valence-electron chi connectivity index (χ2n) is 8.10. The lowest BCUT2D eigenvalue weighted by molar-refractivity contribution is -0.160. The summed E-state index contributed by atoms with van der Waals surface area (Å²) >= 11 is 5.44. The van der Waals surface area contributed by atoms with E-state index in [0.29, 0.717) is 18.8 Å². The molecule has 0 bridgehead atoms. The second kappa shape index (κ2) is 10.2. The fourth-order valence-electron chi connectivity index (χ4n) is 4.60. The molecule has 3 heterocycles. The molecule has 1 aromatic heterocycles. The first kappa shape index (κ1) is 22.4. The summed E-state index contributed by atoms with van der Waals surface area (Å²) in [6.07, 6.45) is 3.90. The third kappa shape index (κ3) is 5.16. The number of aromatic nitrogens is 2. The largest absolute Gasteiger partial charge is 0.472 e. The van der Waals surface area contributed by atoms with Gasteiger partial charge in [-0.15, -0.1) is 0 Å². The molecule has 0 amide bonds. The highest BCUT2D eigenvalue weighted by atomic mass is 32.1. The number of nitrogens with one attached hydrogen (secondary N) is 1. The van der Waals surface area contributed by atoms with Gasteiger partial charge in [0.25, 0.3) is 0 Å². The van der Waals surface area contributed by atoms with Crippen molar-refractivity contribution < 1.29 is 23.8 Å². The van der Waals surface area contributed by atoms with Crippen LogP contribution in [0.1, 0.15) is 37.6 Å². The highest BCUT2D eigenvalue weighted by Crippen LogP contribution is 2.34. The van der Waals surface area contributed by atoms with Gasteiger partial charge in [-0.1, -0.05) is 30.3 Å². The van der Waals surface area contributed by atoms with Gasteiger partial charge >= 0.3 is 11.9 Å². The van der Waals surface area contributed by atoms with Gasteiger partial charge in [-0.3, -0.25) is 14.5 Å². The molecule has 0 saturated carbocycles. The number of H-pyrrole nitrogens is 1. The minimum Gasteiger partial charge on any atom is -0.472 e. The number of aromatic amines is 1. The molecule has 32 heavy (non-hydrogen) atoms. The minimum absolute atomic E-state index is 0.122. The van der Waals surface area contributed by atoms with Crippen LogP contribution in [0.15, 0.2) is 42.7 Å². The number of ether oxygens (including phenoxy) is 3. The number of likely N-dealkylation sites (tertiary alicyclic amines) is 1. The predicted octanol–water partition coefficient (Wildman–Crippen LogP) is 2.63. The Labute approximate surface area is 192 Å². The molecule has 2 aliphatic rings. The van der Waals surface area contributed by atoms with Crippen LogP contribution in [0.25, 0.3) is 0 Å². The fraction of sp³-hybridized carbons (Fsp3) is 0.478. The fourth-order valence-corrected chi connectivity index (χ4v) is 4.82. The first-order chi connectivity index (χ1) is 15.5. The maximum Gasteiger partial charge on any atom is 0.314 e. The van der Waals surface area contributed by atoms with Crippen molar-refractivity contribution in [2.24, 2.45) is 5.92 Å². The number of nitrogens with zero attached hydrogens (tertiary/aromatic N) is 2. The average Bonchev–Trinajstić information content (AvgIpc) is 3.43. The summed E-state index contributed by atoms with van der Waals surface area (Å²) in [5.74, 6) is -1.04. The number of rotatable bonds is 6. The van der Waals surface area contributed by atoms with Crippen molar-refractivity contribution in [3.63, 3.8) is 0 Å². The molecule has 0 aliphatic carbocycles. The number of hydrogen-bond acceptors (Lipinski definition) is 8. The minimum atomic E-state index is -0.770. The number of carbonyl (C=O) groups is 2. The van der Waals surface area contributed by atoms with Gasteiger partial charge in [-0.2, -0.15) is 0 Å². The molecular formula is C23H27N3O5S. The van der Waals surface area contributed by atoms with Crippen molar-refractivity contribution in [2.75, 3.05) is 13.2 Å². The molecule has 2 aliphatic heterocycles. The number of cyclic esters (lactones) is 1. The molecule has 2 aromatic rings. The molecule has 0 unspecified atom stereocenters. The SMILES string of the molecule is CC(=O)O[C@H]1CCOC(=O)[C@H]([C@H]2CCCN2Cc2ccccc2)[C@@H]1OC(=S)c1ncc[nH]1. The van der Waals surface area contributed by atoms with Gasteiger partial charge in [0, 0.05) is 38.3 Å². The zero-order chi connectivity index (χ0) is 22.5. The van der Waals surface area contributed by atoms with E-state index in [1.807, 2.05) is 18.2 Å². The molecule has 2 saturated heterocycles. The van der Waals surface area contributed by atoms with E-state index >= 15 is 0 Å². The zero-order valence-corrected chi connectivity index (χ0v) is 18.8. The third-order valence-electron chi connectivity index (χ3n) is 5.95. The topological polar surface area (TPSA) is 93.8 Å². The van der Waals surface area contributed by atoms with Gasteiger partial charge in [-0.25, -0.2) is 4.98 Å². The maximum atomic E-state index is 13.2. The van der Waals surface area contributed by atoms with Crippen molar-refractivity contribution in [1.82, 2.24) is 14.9 Å². The summed E-state index contributed by atoms with van der Waals surface area (Å²) in [5.41, 5.74) is 1.17. The van der Waals surface area contributed by atoms with E-state index in [4.69, 9.17) is 26.4 Å². The summed E-state index contributed by atoms with van der Waals surface area (Å²) in [5, 5.41) is 0.129. The predicted molar refractivity (Wildman–Crippen MR) is 120 cm³/mol. The summed E-state index contributed by atoms with van der Waals surface area (Å²) in [6, 6.07) is 10.0. The van der Waals surface area contributed by atoms with Gasteiger partial charge in [0.15, 0.2) is 11.9 Å². The number of benzene rings is 1. The molecule has 0 spiro atoms. The zero-order valence-electron chi connectivity index (χ0n) is 17.9. The van der Waals surface area contributed by atoms with Gasteiger partial charge < -0.3 is 19.2 Å². The Morgan fingerprint density at radius 2 is 2.09 bits per heavy atom. The molecule has 8 nitrogen and oxygen atoms in total. The van der Waals surface area contributed by atoms with E-state index in [9.17, 15) is 9.59 Å². The van der Waals surface area contributed by atoms with E-state index in [1.165, 1.54) is 12.5 Å². The number of carbonyl (C=O) groups excluding carboxylic acids is 2. The lowest BCUT2D eigenvalue weighted by Gasteiger charge is -2.36. The van der Waals surface area contributed by atoms with E-state index in [-0.39, 0.29) is 23.7 Å². The molecule has 2 fully saturated rings. The summed E-state index contributed by atoms with van der Waals surface area (Å²) < 4.78 is 17.3. The van der Waals surface area contributed by atoms with E-state index < -0.39 is 24.1 Å². The highest BCUT2D eigenvalue weighted by molar-refractivity contribution is 7.80. The van der Waals surface area contributed by atoms with E-state index in [0.717, 1.165) is 19.4 Å². The van der Waals surface area contributed by atoms with Crippen LogP contribution >= 0.6 is 12.2 Å². The molecule has 170 valence electrons. The maximum absolute atomic E-state index is 13.2. The molecule has 4 atom stereocenters. The summed E-state index contributed by atoms with van der Waals surface area (Å²) in [4.78, 5) is 34.4. The van der Waals surface area contributed by atoms with Crippen LogP contribution in [-0.4, -0.2) is 63.3 Å². The van der Waals surface area contributed by atoms with E-state index in [1.54, 1.807) is 12.4 Å². The lowest BCUT2D eigenvalue weighted by Crippen LogP contribution is -2.50. The quantitative estimate of drug-likeness (QED) is 0.523. The average molecular weight is 458 g/mol. The van der Waals surface area contributed by atoms with Crippen LogP contribution in [0.4, 0.5) is 0 Å². The van der Waals surface area contributed by atoms with Crippen molar-refractivity contribution in [1.29, 1.82) is 0 Å². The van der Waals surface area contributed by atoms with Gasteiger partial charge in [0.05, 0.1) is 6.61 Å². The third-order valence-corrected chi connectivity index (χ3v) is 6.24. The van der Waals surface area contributed by atoms with Gasteiger partial charge in [0.1, 0.15) is 12.0 Å². The van der Waals surface area contributed by atoms with Crippen LogP contribution in [0.2, 0.25) is 0 Å². The normalized spacial score (nSPS) is 26.2. The summed E-state index contributed by atoms with van der Waals surface area (Å²) in [6.45, 7) is 3.08. The molecule has 0 radical (unpaired) electrons. The number of hydrogen-bond donors (Lipinski definition) is 1. The molecular weight excluding hydrogens is 430 g/mol. The van der Waals surface area contributed by atoms with Crippen LogP contribution in [0.3, 0.4) is 0 Å². The van der Waals surface area contributed by atoms with Gasteiger partial charge in [0.2, 0.25) is 5.05 Å². The monoisotopic (exact) mass is 457 g/mol. The Morgan fingerprint density at radius 3 is 2.81 bits per heavy atom.